The molecule has 1 unspecified atom stereocenters. The topological polar surface area (TPSA) is 41.1 Å². The Hall–Kier alpha value is -0.870. The lowest BCUT2D eigenvalue weighted by molar-refractivity contribution is 0.672. The van der Waals surface area contributed by atoms with E-state index in [0.29, 0.717) is 6.67 Å². The van der Waals surface area contributed by atoms with E-state index in [1.54, 1.807) is 0 Å². The standard InChI is InChI=1S/C8H10N2OS.C2H6/c1-6-2-3-7-8(4-6)12(11)10-5-9-7;1-2/h2-4,9-10H,5H2,1H3;1-2H3. The largest absolute Gasteiger partial charge is 0.371 e. The lowest BCUT2D eigenvalue weighted by Crippen LogP contribution is -2.29. The number of benzene rings is 1. The van der Waals surface area contributed by atoms with Gasteiger partial charge in [0.1, 0.15) is 11.0 Å². The predicted molar refractivity (Wildman–Crippen MR) is 60.6 cm³/mol. The first-order valence-electron chi connectivity index (χ1n) is 4.77. The Kier molecular flexibility index (Phi) is 4.10. The second-order valence-electron chi connectivity index (χ2n) is 2.77. The van der Waals surface area contributed by atoms with Crippen molar-refractivity contribution in [2.45, 2.75) is 25.7 Å². The minimum Gasteiger partial charge on any atom is -0.371 e. The van der Waals surface area contributed by atoms with Gasteiger partial charge in [-0.15, -0.1) is 0 Å². The summed E-state index contributed by atoms with van der Waals surface area (Å²) < 4.78 is 14.2. The molecule has 0 saturated carbocycles. The van der Waals surface area contributed by atoms with E-state index in [9.17, 15) is 4.21 Å². The second kappa shape index (κ2) is 5.12. The summed E-state index contributed by atoms with van der Waals surface area (Å²) in [6.45, 7) is 6.56. The molecule has 4 heteroatoms. The van der Waals surface area contributed by atoms with Gasteiger partial charge < -0.3 is 5.32 Å². The SMILES string of the molecule is CC.Cc1ccc2c(c1)S(=O)NCN2. The summed E-state index contributed by atoms with van der Waals surface area (Å²) in [6.07, 6.45) is 0. The van der Waals surface area contributed by atoms with Gasteiger partial charge in [0, 0.05) is 0 Å². The fourth-order valence-electron chi connectivity index (χ4n) is 1.20. The molecular formula is C10H16N2OS. The van der Waals surface area contributed by atoms with Crippen molar-refractivity contribution in [3.63, 3.8) is 0 Å². The highest BCUT2D eigenvalue weighted by Gasteiger charge is 2.13. The van der Waals surface area contributed by atoms with Crippen molar-refractivity contribution in [2.24, 2.45) is 0 Å². The van der Waals surface area contributed by atoms with Crippen molar-refractivity contribution in [3.05, 3.63) is 23.8 Å². The fourth-order valence-corrected chi connectivity index (χ4v) is 2.20. The van der Waals surface area contributed by atoms with E-state index >= 15 is 0 Å². The molecule has 1 heterocycles. The molecule has 78 valence electrons. The molecule has 1 aromatic rings. The molecule has 0 aliphatic carbocycles. The molecule has 0 bridgehead atoms. The molecule has 1 aliphatic heterocycles. The summed E-state index contributed by atoms with van der Waals surface area (Å²) in [5.41, 5.74) is 2.10. The molecule has 1 aromatic carbocycles. The molecule has 0 aromatic heterocycles. The Labute approximate surface area is 87.5 Å². The van der Waals surface area contributed by atoms with Gasteiger partial charge in [-0.25, -0.2) is 8.93 Å². The number of nitrogens with one attached hydrogen (secondary N) is 2. The van der Waals surface area contributed by atoms with Crippen LogP contribution in [0.15, 0.2) is 23.1 Å². The van der Waals surface area contributed by atoms with Gasteiger partial charge >= 0.3 is 0 Å². The first-order chi connectivity index (χ1) is 6.77. The Morgan fingerprint density at radius 1 is 1.36 bits per heavy atom. The van der Waals surface area contributed by atoms with Crippen molar-refractivity contribution in [2.75, 3.05) is 12.0 Å². The quantitative estimate of drug-likeness (QED) is 0.690. The van der Waals surface area contributed by atoms with Gasteiger partial charge in [-0.05, 0) is 24.6 Å². The van der Waals surface area contributed by atoms with Crippen LogP contribution < -0.4 is 10.0 Å². The fraction of sp³-hybridized carbons (Fsp3) is 0.400. The van der Waals surface area contributed by atoms with Gasteiger partial charge in [-0.3, -0.25) is 0 Å². The summed E-state index contributed by atoms with van der Waals surface area (Å²) in [7, 11) is -1.04. The maximum atomic E-state index is 11.4. The number of aryl methyl sites for hydroxylation is 1. The monoisotopic (exact) mass is 212 g/mol. The zero-order valence-corrected chi connectivity index (χ0v) is 9.57. The normalized spacial score (nSPS) is 18.6. The number of fused-ring (bicyclic) bond motifs is 1. The maximum absolute atomic E-state index is 11.4. The first kappa shape index (κ1) is 11.2. The summed E-state index contributed by atoms with van der Waals surface area (Å²) in [5, 5.41) is 3.12. The van der Waals surface area contributed by atoms with Crippen molar-refractivity contribution in [3.8, 4) is 0 Å². The Balaban J connectivity index is 0.000000461. The van der Waals surface area contributed by atoms with Gasteiger partial charge in [-0.1, -0.05) is 19.9 Å². The second-order valence-corrected chi connectivity index (χ2v) is 4.03. The van der Waals surface area contributed by atoms with Crippen LogP contribution in [0.3, 0.4) is 0 Å². The van der Waals surface area contributed by atoms with E-state index in [4.69, 9.17) is 0 Å². The third kappa shape index (κ3) is 2.33. The molecule has 1 atom stereocenters. The van der Waals surface area contributed by atoms with Crippen LogP contribution in [0.1, 0.15) is 19.4 Å². The molecule has 0 saturated heterocycles. The van der Waals surface area contributed by atoms with E-state index in [2.05, 4.69) is 10.0 Å². The summed E-state index contributed by atoms with van der Waals surface area (Å²) in [4.78, 5) is 0.848. The van der Waals surface area contributed by atoms with E-state index in [1.807, 2.05) is 39.0 Å². The minimum atomic E-state index is -1.04. The van der Waals surface area contributed by atoms with Crippen LogP contribution in [0, 0.1) is 6.92 Å². The summed E-state index contributed by atoms with van der Waals surface area (Å²) >= 11 is 0. The lowest BCUT2D eigenvalue weighted by atomic mass is 10.2. The molecule has 0 amide bonds. The minimum absolute atomic E-state index is 0.572. The number of hydrogen-bond acceptors (Lipinski definition) is 2. The van der Waals surface area contributed by atoms with E-state index < -0.39 is 11.0 Å². The smallest absolute Gasteiger partial charge is 0.128 e. The van der Waals surface area contributed by atoms with E-state index in [-0.39, 0.29) is 0 Å². The van der Waals surface area contributed by atoms with Crippen LogP contribution in [0.5, 0.6) is 0 Å². The Morgan fingerprint density at radius 3 is 2.79 bits per heavy atom. The highest BCUT2D eigenvalue weighted by atomic mass is 32.2. The van der Waals surface area contributed by atoms with Crippen LogP contribution in [-0.4, -0.2) is 10.9 Å². The van der Waals surface area contributed by atoms with Gasteiger partial charge in [-0.2, -0.15) is 0 Å². The number of anilines is 1. The van der Waals surface area contributed by atoms with Crippen LogP contribution in [0.2, 0.25) is 0 Å². The molecule has 14 heavy (non-hydrogen) atoms. The molecule has 1 aliphatic rings. The average molecular weight is 212 g/mol. The van der Waals surface area contributed by atoms with Crippen molar-refractivity contribution >= 4 is 16.7 Å². The van der Waals surface area contributed by atoms with Crippen LogP contribution >= 0.6 is 0 Å². The molecule has 0 radical (unpaired) electrons. The van der Waals surface area contributed by atoms with Crippen LogP contribution in [0.4, 0.5) is 5.69 Å². The highest BCUT2D eigenvalue weighted by molar-refractivity contribution is 7.83. The molecule has 0 spiro atoms. The summed E-state index contributed by atoms with van der Waals surface area (Å²) in [6, 6.07) is 5.91. The number of rotatable bonds is 0. The third-order valence-electron chi connectivity index (χ3n) is 1.82. The van der Waals surface area contributed by atoms with Crippen LogP contribution in [0.25, 0.3) is 0 Å². The predicted octanol–water partition coefficient (Wildman–Crippen LogP) is 2.02. The highest BCUT2D eigenvalue weighted by Crippen LogP contribution is 2.22. The molecule has 2 N–H and O–H groups in total. The molecule has 0 fully saturated rings. The van der Waals surface area contributed by atoms with Crippen molar-refractivity contribution in [1.29, 1.82) is 0 Å². The molecular weight excluding hydrogens is 196 g/mol. The maximum Gasteiger partial charge on any atom is 0.128 e. The van der Waals surface area contributed by atoms with Crippen molar-refractivity contribution < 1.29 is 4.21 Å². The number of hydrogen-bond donors (Lipinski definition) is 2. The Morgan fingerprint density at radius 2 is 2.07 bits per heavy atom. The van der Waals surface area contributed by atoms with Gasteiger partial charge in [0.2, 0.25) is 0 Å². The average Bonchev–Trinajstić information content (AvgIpc) is 2.22. The van der Waals surface area contributed by atoms with E-state index in [0.717, 1.165) is 16.1 Å². The van der Waals surface area contributed by atoms with Gasteiger partial charge in [0.25, 0.3) is 0 Å². The van der Waals surface area contributed by atoms with Crippen molar-refractivity contribution in [1.82, 2.24) is 4.72 Å². The molecule has 2 rings (SSSR count). The first-order valence-corrected chi connectivity index (χ1v) is 5.92. The molecule has 3 nitrogen and oxygen atoms in total. The van der Waals surface area contributed by atoms with Gasteiger partial charge in [0.05, 0.1) is 17.3 Å². The zero-order chi connectivity index (χ0) is 10.6. The Bertz CT molecular complexity index is 339. The zero-order valence-electron chi connectivity index (χ0n) is 8.76. The third-order valence-corrected chi connectivity index (χ3v) is 2.96. The van der Waals surface area contributed by atoms with Crippen LogP contribution in [-0.2, 0) is 11.0 Å². The lowest BCUT2D eigenvalue weighted by Gasteiger charge is -2.18. The summed E-state index contributed by atoms with van der Waals surface area (Å²) in [5.74, 6) is 0. The van der Waals surface area contributed by atoms with Gasteiger partial charge in [0.15, 0.2) is 0 Å². The van der Waals surface area contributed by atoms with E-state index in [1.165, 1.54) is 0 Å².